The van der Waals surface area contributed by atoms with Gasteiger partial charge >= 0.3 is 0 Å². The summed E-state index contributed by atoms with van der Waals surface area (Å²) in [4.78, 5) is 0. The summed E-state index contributed by atoms with van der Waals surface area (Å²) in [7, 11) is -3.84. The maximum absolute atomic E-state index is 7.47. The highest BCUT2D eigenvalue weighted by Crippen LogP contribution is 2.08. The highest BCUT2D eigenvalue weighted by Gasteiger charge is 2.27. The van der Waals surface area contributed by atoms with Crippen molar-refractivity contribution < 1.29 is 4.12 Å². The van der Waals surface area contributed by atoms with Crippen molar-refractivity contribution in [3.63, 3.8) is 0 Å². The molecule has 0 radical (unpaired) electrons. The van der Waals surface area contributed by atoms with Crippen molar-refractivity contribution in [3.8, 4) is 0 Å². The molecule has 0 bridgehead atoms. The summed E-state index contributed by atoms with van der Waals surface area (Å²) >= 11 is 0. The standard InChI is InChI=1S/C32H38OSi2/c1-5-25-13-9-17-29(21-25)34(30-18-10-14-26(6-2)22-30)33-35(31-19-11-15-27(7-3)23-31)32-20-12-16-28(8-4)24-32/h9-24,34-35H,5-8H2,1-4H3. The number of rotatable bonds is 10. The minimum absolute atomic E-state index is 1.04. The molecule has 0 unspecified atom stereocenters. The predicted octanol–water partition coefficient (Wildman–Crippen LogP) is 4.33. The number of hydrogen-bond donors (Lipinski definition) is 0. The lowest BCUT2D eigenvalue weighted by atomic mass is 10.2. The minimum atomic E-state index is -1.92. The Labute approximate surface area is 215 Å². The summed E-state index contributed by atoms with van der Waals surface area (Å²) in [6.45, 7) is 8.94. The van der Waals surface area contributed by atoms with Gasteiger partial charge in [0.1, 0.15) is 0 Å². The van der Waals surface area contributed by atoms with E-state index < -0.39 is 18.1 Å². The summed E-state index contributed by atoms with van der Waals surface area (Å²) in [5.41, 5.74) is 5.53. The largest absolute Gasteiger partial charge is 0.446 e. The second-order valence-corrected chi connectivity index (χ2v) is 14.6. The van der Waals surface area contributed by atoms with E-state index in [9.17, 15) is 0 Å². The summed E-state index contributed by atoms with van der Waals surface area (Å²) in [6.07, 6.45) is 4.17. The maximum atomic E-state index is 7.47. The molecule has 4 rings (SSSR count). The Balaban J connectivity index is 1.85. The smallest absolute Gasteiger partial charge is 0.228 e. The lowest BCUT2D eigenvalue weighted by Gasteiger charge is -2.26. The number of aryl methyl sites for hydroxylation is 4. The average molecular weight is 495 g/mol. The van der Waals surface area contributed by atoms with Gasteiger partial charge in [0.25, 0.3) is 0 Å². The van der Waals surface area contributed by atoms with Crippen LogP contribution in [0.5, 0.6) is 0 Å². The molecular weight excluding hydrogens is 457 g/mol. The van der Waals surface area contributed by atoms with E-state index in [2.05, 4.69) is 125 Å². The third kappa shape index (κ3) is 6.29. The van der Waals surface area contributed by atoms with Gasteiger partial charge in [-0.15, -0.1) is 0 Å². The van der Waals surface area contributed by atoms with E-state index in [1.807, 2.05) is 0 Å². The molecule has 0 aromatic heterocycles. The Kier molecular flexibility index (Phi) is 8.92. The van der Waals surface area contributed by atoms with Crippen molar-refractivity contribution in [3.05, 3.63) is 119 Å². The molecule has 180 valence electrons. The van der Waals surface area contributed by atoms with Crippen LogP contribution in [-0.2, 0) is 29.8 Å². The average Bonchev–Trinajstić information content (AvgIpc) is 2.93. The van der Waals surface area contributed by atoms with Crippen LogP contribution in [0.25, 0.3) is 0 Å². The van der Waals surface area contributed by atoms with Crippen LogP contribution < -0.4 is 20.7 Å². The van der Waals surface area contributed by atoms with Crippen molar-refractivity contribution in [1.29, 1.82) is 0 Å². The van der Waals surface area contributed by atoms with Crippen LogP contribution in [0.3, 0.4) is 0 Å². The minimum Gasteiger partial charge on any atom is -0.446 e. The van der Waals surface area contributed by atoms with Crippen LogP contribution in [0.1, 0.15) is 49.9 Å². The van der Waals surface area contributed by atoms with Gasteiger partial charge in [-0.3, -0.25) is 0 Å². The molecule has 0 atom stereocenters. The Bertz CT molecular complexity index is 1060. The van der Waals surface area contributed by atoms with Gasteiger partial charge in [0.15, 0.2) is 0 Å². The normalized spacial score (nSPS) is 11.4. The first-order valence-electron chi connectivity index (χ1n) is 13.2. The molecule has 0 fully saturated rings. The Morgan fingerprint density at radius 3 is 0.914 bits per heavy atom. The molecule has 0 aliphatic carbocycles. The van der Waals surface area contributed by atoms with Crippen LogP contribution in [-0.4, -0.2) is 18.1 Å². The first kappa shape index (κ1) is 25.4. The van der Waals surface area contributed by atoms with Gasteiger partial charge in [-0.2, -0.15) is 0 Å². The summed E-state index contributed by atoms with van der Waals surface area (Å²) < 4.78 is 7.47. The van der Waals surface area contributed by atoms with E-state index in [0.717, 1.165) is 25.7 Å². The SMILES string of the molecule is CCc1cccc([SiH](O[SiH](c2cccc(CC)c2)c2cccc(CC)c2)c2cccc(CC)c2)c1. The monoisotopic (exact) mass is 494 g/mol. The summed E-state index contributed by atoms with van der Waals surface area (Å²) in [5, 5.41) is 5.53. The van der Waals surface area contributed by atoms with Gasteiger partial charge in [-0.1, -0.05) is 125 Å². The Morgan fingerprint density at radius 1 is 0.429 bits per heavy atom. The van der Waals surface area contributed by atoms with Crippen LogP contribution in [0.2, 0.25) is 0 Å². The van der Waals surface area contributed by atoms with Gasteiger partial charge in [-0.05, 0) is 68.7 Å². The zero-order valence-electron chi connectivity index (χ0n) is 21.6. The molecule has 0 amide bonds. The molecule has 4 aromatic carbocycles. The third-order valence-electron chi connectivity index (χ3n) is 6.92. The number of hydrogen-bond acceptors (Lipinski definition) is 1. The van der Waals surface area contributed by atoms with Gasteiger partial charge in [-0.25, -0.2) is 0 Å². The fourth-order valence-electron chi connectivity index (χ4n) is 4.74. The van der Waals surface area contributed by atoms with Gasteiger partial charge < -0.3 is 4.12 Å². The van der Waals surface area contributed by atoms with Crippen LogP contribution in [0.4, 0.5) is 0 Å². The van der Waals surface area contributed by atoms with E-state index in [1.165, 1.54) is 43.0 Å². The molecule has 0 N–H and O–H groups in total. The summed E-state index contributed by atoms with van der Waals surface area (Å²) in [5.74, 6) is 0. The molecule has 35 heavy (non-hydrogen) atoms. The van der Waals surface area contributed by atoms with Crippen molar-refractivity contribution in [2.24, 2.45) is 0 Å². The van der Waals surface area contributed by atoms with Crippen LogP contribution in [0, 0.1) is 0 Å². The fourth-order valence-corrected chi connectivity index (χ4v) is 11.7. The second kappa shape index (κ2) is 12.3. The lowest BCUT2D eigenvalue weighted by Crippen LogP contribution is -2.56. The van der Waals surface area contributed by atoms with Crippen LogP contribution in [0.15, 0.2) is 97.1 Å². The molecule has 0 aliphatic heterocycles. The van der Waals surface area contributed by atoms with Crippen molar-refractivity contribution in [2.75, 3.05) is 0 Å². The molecule has 0 heterocycles. The zero-order valence-corrected chi connectivity index (χ0v) is 23.9. The van der Waals surface area contributed by atoms with E-state index in [0.29, 0.717) is 0 Å². The highest BCUT2D eigenvalue weighted by atomic mass is 28.4. The quantitative estimate of drug-likeness (QED) is 0.298. The maximum Gasteiger partial charge on any atom is 0.228 e. The third-order valence-corrected chi connectivity index (χ3v) is 13.0. The molecule has 0 saturated heterocycles. The molecule has 0 aliphatic rings. The first-order valence-corrected chi connectivity index (χ1v) is 16.4. The lowest BCUT2D eigenvalue weighted by molar-refractivity contribution is 0.633. The molecule has 3 heteroatoms. The Morgan fingerprint density at radius 2 is 0.686 bits per heavy atom. The predicted molar refractivity (Wildman–Crippen MR) is 157 cm³/mol. The molecule has 0 spiro atoms. The van der Waals surface area contributed by atoms with Crippen LogP contribution >= 0.6 is 0 Å². The van der Waals surface area contributed by atoms with E-state index >= 15 is 0 Å². The zero-order chi connectivity index (χ0) is 24.6. The molecule has 1 nitrogen and oxygen atoms in total. The second-order valence-electron chi connectivity index (χ2n) is 9.29. The van der Waals surface area contributed by atoms with Gasteiger partial charge in [0.05, 0.1) is 0 Å². The van der Waals surface area contributed by atoms with E-state index in [4.69, 9.17) is 4.12 Å². The van der Waals surface area contributed by atoms with E-state index in [1.54, 1.807) is 0 Å². The van der Waals surface area contributed by atoms with Crippen molar-refractivity contribution in [1.82, 2.24) is 0 Å². The highest BCUT2D eigenvalue weighted by molar-refractivity contribution is 6.91. The van der Waals surface area contributed by atoms with Crippen molar-refractivity contribution >= 4 is 38.8 Å². The Hall–Kier alpha value is -2.73. The first-order chi connectivity index (χ1) is 17.1. The fraction of sp³-hybridized carbons (Fsp3) is 0.250. The molecule has 4 aromatic rings. The van der Waals surface area contributed by atoms with Crippen molar-refractivity contribution in [2.45, 2.75) is 53.4 Å². The number of benzene rings is 4. The topological polar surface area (TPSA) is 9.23 Å². The van der Waals surface area contributed by atoms with Gasteiger partial charge in [0, 0.05) is 0 Å². The van der Waals surface area contributed by atoms with E-state index in [-0.39, 0.29) is 0 Å². The van der Waals surface area contributed by atoms with Gasteiger partial charge in [0.2, 0.25) is 18.1 Å². The molecule has 0 saturated carbocycles. The summed E-state index contributed by atoms with van der Waals surface area (Å²) in [6, 6.07) is 36.6. The molecular formula is C32H38OSi2.